The Hall–Kier alpha value is -1.63. The predicted octanol–water partition coefficient (Wildman–Crippen LogP) is 3.63. The Kier molecular flexibility index (Phi) is 4.94. The first-order valence-electron chi connectivity index (χ1n) is 6.07. The first-order valence-corrected chi connectivity index (χ1v) is 7.15. The number of nitrogens with one attached hydrogen (secondary N) is 1. The van der Waals surface area contributed by atoms with E-state index in [9.17, 15) is 5.11 Å². The van der Waals surface area contributed by atoms with Gasteiger partial charge in [-0.05, 0) is 58.5 Å². The SMILES string of the molecule is COc1cc(CNc2cccc(I)c2)cc(OC)c1O. The number of anilines is 1. The fourth-order valence-electron chi connectivity index (χ4n) is 1.85. The highest BCUT2D eigenvalue weighted by Gasteiger charge is 2.10. The molecule has 20 heavy (non-hydrogen) atoms. The topological polar surface area (TPSA) is 50.7 Å². The van der Waals surface area contributed by atoms with E-state index in [4.69, 9.17) is 9.47 Å². The van der Waals surface area contributed by atoms with E-state index in [1.54, 1.807) is 12.1 Å². The Morgan fingerprint density at radius 3 is 2.30 bits per heavy atom. The van der Waals surface area contributed by atoms with Gasteiger partial charge in [-0.2, -0.15) is 0 Å². The number of ether oxygens (including phenoxy) is 2. The molecule has 0 fully saturated rings. The van der Waals surface area contributed by atoms with Crippen LogP contribution < -0.4 is 14.8 Å². The van der Waals surface area contributed by atoms with E-state index in [0.29, 0.717) is 18.0 Å². The first-order chi connectivity index (χ1) is 9.63. The summed E-state index contributed by atoms with van der Waals surface area (Å²) in [4.78, 5) is 0. The van der Waals surface area contributed by atoms with Crippen LogP contribution in [0.3, 0.4) is 0 Å². The highest BCUT2D eigenvalue weighted by Crippen LogP contribution is 2.37. The van der Waals surface area contributed by atoms with Gasteiger partial charge < -0.3 is 19.9 Å². The lowest BCUT2D eigenvalue weighted by Gasteiger charge is -2.12. The van der Waals surface area contributed by atoms with E-state index < -0.39 is 0 Å². The molecule has 2 rings (SSSR count). The van der Waals surface area contributed by atoms with E-state index in [-0.39, 0.29) is 5.75 Å². The number of methoxy groups -OCH3 is 2. The molecule has 0 heterocycles. The summed E-state index contributed by atoms with van der Waals surface area (Å²) >= 11 is 2.27. The molecule has 106 valence electrons. The molecule has 2 aromatic rings. The molecule has 0 unspecified atom stereocenters. The van der Waals surface area contributed by atoms with Crippen LogP contribution in [0.1, 0.15) is 5.56 Å². The molecule has 5 heteroatoms. The van der Waals surface area contributed by atoms with Crippen molar-refractivity contribution in [2.45, 2.75) is 6.54 Å². The lowest BCUT2D eigenvalue weighted by atomic mass is 10.1. The average molecular weight is 385 g/mol. The number of rotatable bonds is 5. The molecule has 0 aliphatic rings. The minimum Gasteiger partial charge on any atom is -0.502 e. The van der Waals surface area contributed by atoms with Gasteiger partial charge in [0, 0.05) is 15.8 Å². The zero-order valence-electron chi connectivity index (χ0n) is 11.3. The Balaban J connectivity index is 2.17. The average Bonchev–Trinajstić information content (AvgIpc) is 2.46. The molecule has 0 saturated heterocycles. The fourth-order valence-corrected chi connectivity index (χ4v) is 2.40. The van der Waals surface area contributed by atoms with Crippen LogP contribution in [0.25, 0.3) is 0 Å². The highest BCUT2D eigenvalue weighted by atomic mass is 127. The minimum atomic E-state index is 0.0213. The summed E-state index contributed by atoms with van der Waals surface area (Å²) in [5.41, 5.74) is 2.01. The van der Waals surface area contributed by atoms with Crippen molar-refractivity contribution in [2.24, 2.45) is 0 Å². The van der Waals surface area contributed by atoms with Gasteiger partial charge >= 0.3 is 0 Å². The summed E-state index contributed by atoms with van der Waals surface area (Å²) in [5, 5.41) is 13.2. The summed E-state index contributed by atoms with van der Waals surface area (Å²) in [6, 6.07) is 11.7. The van der Waals surface area contributed by atoms with Crippen LogP contribution in [-0.2, 0) is 6.54 Å². The van der Waals surface area contributed by atoms with Gasteiger partial charge in [-0.15, -0.1) is 0 Å². The summed E-state index contributed by atoms with van der Waals surface area (Å²) in [5.74, 6) is 0.834. The maximum atomic E-state index is 9.86. The van der Waals surface area contributed by atoms with Crippen molar-refractivity contribution >= 4 is 28.3 Å². The standard InChI is InChI=1S/C15H16INO3/c1-19-13-6-10(7-14(20-2)15(13)18)9-17-12-5-3-4-11(16)8-12/h3-8,17-18H,9H2,1-2H3. The number of aromatic hydroxyl groups is 1. The van der Waals surface area contributed by atoms with Gasteiger partial charge in [0.25, 0.3) is 0 Å². The number of benzene rings is 2. The van der Waals surface area contributed by atoms with Gasteiger partial charge in [0.05, 0.1) is 14.2 Å². The Labute approximate surface area is 131 Å². The van der Waals surface area contributed by atoms with E-state index in [2.05, 4.69) is 34.0 Å². The van der Waals surface area contributed by atoms with Gasteiger partial charge in [-0.3, -0.25) is 0 Å². The third kappa shape index (κ3) is 3.47. The predicted molar refractivity (Wildman–Crippen MR) is 87.7 cm³/mol. The van der Waals surface area contributed by atoms with Crippen molar-refractivity contribution in [3.63, 3.8) is 0 Å². The zero-order chi connectivity index (χ0) is 14.5. The molecule has 0 amide bonds. The Bertz CT molecular complexity index is 576. The van der Waals surface area contributed by atoms with Crippen LogP contribution in [0.4, 0.5) is 5.69 Å². The van der Waals surface area contributed by atoms with Gasteiger partial charge in [-0.25, -0.2) is 0 Å². The second-order valence-corrected chi connectivity index (χ2v) is 5.46. The molecule has 2 aromatic carbocycles. The van der Waals surface area contributed by atoms with Crippen molar-refractivity contribution < 1.29 is 14.6 Å². The molecular weight excluding hydrogens is 369 g/mol. The maximum absolute atomic E-state index is 9.86. The van der Waals surface area contributed by atoms with Crippen molar-refractivity contribution in [3.8, 4) is 17.2 Å². The zero-order valence-corrected chi connectivity index (χ0v) is 13.5. The normalized spacial score (nSPS) is 10.2. The van der Waals surface area contributed by atoms with Crippen molar-refractivity contribution in [3.05, 3.63) is 45.5 Å². The van der Waals surface area contributed by atoms with Gasteiger partial charge in [0.1, 0.15) is 0 Å². The number of hydrogen-bond acceptors (Lipinski definition) is 4. The summed E-state index contributed by atoms with van der Waals surface area (Å²) < 4.78 is 11.5. The molecule has 2 N–H and O–H groups in total. The van der Waals surface area contributed by atoms with Crippen LogP contribution in [0.5, 0.6) is 17.2 Å². The van der Waals surface area contributed by atoms with Crippen LogP contribution in [0.2, 0.25) is 0 Å². The summed E-state index contributed by atoms with van der Waals surface area (Å²) in [6.45, 7) is 0.618. The minimum absolute atomic E-state index is 0.0213. The molecular formula is C15H16INO3. The molecule has 0 spiro atoms. The van der Waals surface area contributed by atoms with E-state index >= 15 is 0 Å². The number of phenols is 1. The molecule has 0 atom stereocenters. The molecule has 0 bridgehead atoms. The smallest absolute Gasteiger partial charge is 0.200 e. The third-order valence-electron chi connectivity index (χ3n) is 2.86. The van der Waals surface area contributed by atoms with Crippen LogP contribution >= 0.6 is 22.6 Å². The molecule has 0 aliphatic carbocycles. The highest BCUT2D eigenvalue weighted by molar-refractivity contribution is 14.1. The number of phenolic OH excluding ortho intramolecular Hbond substituents is 1. The Morgan fingerprint density at radius 1 is 1.10 bits per heavy atom. The fraction of sp³-hybridized carbons (Fsp3) is 0.200. The Morgan fingerprint density at radius 2 is 1.75 bits per heavy atom. The molecule has 0 radical (unpaired) electrons. The van der Waals surface area contributed by atoms with E-state index in [1.807, 2.05) is 18.2 Å². The van der Waals surface area contributed by atoms with Crippen LogP contribution in [0.15, 0.2) is 36.4 Å². The van der Waals surface area contributed by atoms with Gasteiger partial charge in [0.15, 0.2) is 11.5 Å². The first kappa shape index (κ1) is 14.8. The van der Waals surface area contributed by atoms with E-state index in [1.165, 1.54) is 17.8 Å². The van der Waals surface area contributed by atoms with Gasteiger partial charge in [-0.1, -0.05) is 6.07 Å². The lowest BCUT2D eigenvalue weighted by Crippen LogP contribution is -2.01. The molecule has 0 aromatic heterocycles. The summed E-state index contributed by atoms with van der Waals surface area (Å²) in [6.07, 6.45) is 0. The van der Waals surface area contributed by atoms with E-state index in [0.717, 1.165) is 11.3 Å². The van der Waals surface area contributed by atoms with Crippen molar-refractivity contribution in [1.82, 2.24) is 0 Å². The van der Waals surface area contributed by atoms with Crippen LogP contribution in [-0.4, -0.2) is 19.3 Å². The molecule has 4 nitrogen and oxygen atoms in total. The third-order valence-corrected chi connectivity index (χ3v) is 3.53. The van der Waals surface area contributed by atoms with Crippen LogP contribution in [0, 0.1) is 3.57 Å². The number of hydrogen-bond donors (Lipinski definition) is 2. The van der Waals surface area contributed by atoms with Gasteiger partial charge in [0.2, 0.25) is 5.75 Å². The van der Waals surface area contributed by atoms with Crippen molar-refractivity contribution in [2.75, 3.05) is 19.5 Å². The quantitative estimate of drug-likeness (QED) is 0.772. The monoisotopic (exact) mass is 385 g/mol. The lowest BCUT2D eigenvalue weighted by molar-refractivity contribution is 0.339. The number of halogens is 1. The largest absolute Gasteiger partial charge is 0.502 e. The maximum Gasteiger partial charge on any atom is 0.200 e. The molecule has 0 saturated carbocycles. The second kappa shape index (κ2) is 6.69. The second-order valence-electron chi connectivity index (χ2n) is 4.21. The van der Waals surface area contributed by atoms with Crippen molar-refractivity contribution in [1.29, 1.82) is 0 Å². The summed E-state index contributed by atoms with van der Waals surface area (Å²) in [7, 11) is 3.04. The molecule has 0 aliphatic heterocycles.